The van der Waals surface area contributed by atoms with E-state index >= 15 is 0 Å². The van der Waals surface area contributed by atoms with E-state index in [-0.39, 0.29) is 10.6 Å². The van der Waals surface area contributed by atoms with Gasteiger partial charge in [0.2, 0.25) is 0 Å². The lowest BCUT2D eigenvalue weighted by Gasteiger charge is -2.13. The van der Waals surface area contributed by atoms with Crippen molar-refractivity contribution in [2.75, 3.05) is 7.11 Å². The fourth-order valence-electron chi connectivity index (χ4n) is 1.10. The zero-order chi connectivity index (χ0) is 11.6. The summed E-state index contributed by atoms with van der Waals surface area (Å²) in [5, 5.41) is 9.35. The topological polar surface area (TPSA) is 72.5 Å². The van der Waals surface area contributed by atoms with Crippen molar-refractivity contribution in [1.82, 2.24) is 0 Å². The number of nitrogens with two attached hydrogens (primary N) is 1. The molecule has 1 rings (SSSR count). The molecular weight excluding hydrogens is 225 g/mol. The van der Waals surface area contributed by atoms with Crippen molar-refractivity contribution < 1.29 is 19.0 Å². The van der Waals surface area contributed by atoms with Crippen LogP contribution >= 0.6 is 11.6 Å². The summed E-state index contributed by atoms with van der Waals surface area (Å²) in [5.74, 6) is -2.44. The Bertz CT molecular complexity index is 397. The van der Waals surface area contributed by atoms with Crippen molar-refractivity contribution in [2.24, 2.45) is 5.73 Å². The summed E-state index contributed by atoms with van der Waals surface area (Å²) in [7, 11) is 1.13. The summed E-state index contributed by atoms with van der Waals surface area (Å²) >= 11 is 5.68. The molecule has 6 heteroatoms. The van der Waals surface area contributed by atoms with Gasteiger partial charge in [0.05, 0.1) is 7.11 Å². The molecule has 0 aliphatic heterocycles. The predicted molar refractivity (Wildman–Crippen MR) is 52.0 cm³/mol. The summed E-state index contributed by atoms with van der Waals surface area (Å²) in [6.45, 7) is 0. The molecule has 0 saturated heterocycles. The average molecular weight is 234 g/mol. The minimum Gasteiger partial charge on any atom is -0.505 e. The molecule has 4 nitrogen and oxygen atoms in total. The third-order valence-electron chi connectivity index (χ3n) is 1.88. The smallest absolute Gasteiger partial charge is 0.327 e. The first-order valence-corrected chi connectivity index (χ1v) is 4.37. The molecule has 1 aromatic rings. The lowest BCUT2D eigenvalue weighted by atomic mass is 10.1. The van der Waals surface area contributed by atoms with E-state index < -0.39 is 23.6 Å². The van der Waals surface area contributed by atoms with Crippen molar-refractivity contribution in [3.63, 3.8) is 0 Å². The third kappa shape index (κ3) is 2.19. The number of carbonyl (C=O) groups is 1. The van der Waals surface area contributed by atoms with Gasteiger partial charge in [-0.2, -0.15) is 0 Å². The maximum Gasteiger partial charge on any atom is 0.327 e. The van der Waals surface area contributed by atoms with Crippen molar-refractivity contribution in [3.05, 3.63) is 28.5 Å². The Morgan fingerprint density at radius 1 is 1.67 bits per heavy atom. The second-order valence-electron chi connectivity index (χ2n) is 2.79. The van der Waals surface area contributed by atoms with Crippen LogP contribution in [0.15, 0.2) is 12.1 Å². The Hall–Kier alpha value is -1.33. The molecule has 0 aliphatic rings. The van der Waals surface area contributed by atoms with Crippen LogP contribution in [0, 0.1) is 5.82 Å². The number of halogens is 2. The van der Waals surface area contributed by atoms with E-state index in [1.165, 1.54) is 6.07 Å². The molecule has 1 atom stereocenters. The van der Waals surface area contributed by atoms with Crippen LogP contribution in [-0.4, -0.2) is 18.2 Å². The van der Waals surface area contributed by atoms with Gasteiger partial charge in [0, 0.05) is 10.6 Å². The zero-order valence-electron chi connectivity index (χ0n) is 7.83. The number of ether oxygens (including phenoxy) is 1. The van der Waals surface area contributed by atoms with Gasteiger partial charge in [0.15, 0.2) is 11.6 Å². The van der Waals surface area contributed by atoms with Gasteiger partial charge in [-0.25, -0.2) is 4.39 Å². The SMILES string of the molecule is COC(=O)[C@@H](N)c1c(Cl)ccc(F)c1O. The normalized spacial score (nSPS) is 12.3. The molecule has 0 aromatic heterocycles. The molecule has 0 aliphatic carbocycles. The summed E-state index contributed by atoms with van der Waals surface area (Å²) in [6.07, 6.45) is 0. The van der Waals surface area contributed by atoms with E-state index in [4.69, 9.17) is 17.3 Å². The maximum atomic E-state index is 13.0. The summed E-state index contributed by atoms with van der Waals surface area (Å²) in [6, 6.07) is 0.873. The predicted octanol–water partition coefficient (Wildman–Crippen LogP) is 1.36. The van der Waals surface area contributed by atoms with Gasteiger partial charge in [-0.3, -0.25) is 4.79 Å². The number of esters is 1. The monoisotopic (exact) mass is 233 g/mol. The zero-order valence-corrected chi connectivity index (χ0v) is 8.58. The first kappa shape index (κ1) is 11.7. The van der Waals surface area contributed by atoms with Crippen molar-refractivity contribution in [3.8, 4) is 5.75 Å². The molecule has 0 spiro atoms. The number of phenolic OH excluding ortho intramolecular Hbond substituents is 1. The number of carbonyl (C=O) groups excluding carboxylic acids is 1. The molecule has 0 unspecified atom stereocenters. The van der Waals surface area contributed by atoms with E-state index in [0.717, 1.165) is 13.2 Å². The Balaban J connectivity index is 3.24. The van der Waals surface area contributed by atoms with Crippen LogP contribution in [0.4, 0.5) is 4.39 Å². The third-order valence-corrected chi connectivity index (χ3v) is 2.21. The standard InChI is InChI=1S/C9H9ClFNO3/c1-15-9(14)7(12)6-4(10)2-3-5(11)8(6)13/h2-3,7,13H,12H2,1H3/t7-/m0/s1. The van der Waals surface area contributed by atoms with Crippen LogP contribution in [0.2, 0.25) is 5.02 Å². The number of benzene rings is 1. The maximum absolute atomic E-state index is 13.0. The number of hydrogen-bond acceptors (Lipinski definition) is 4. The van der Waals surface area contributed by atoms with Crippen LogP contribution < -0.4 is 5.73 Å². The second-order valence-corrected chi connectivity index (χ2v) is 3.20. The van der Waals surface area contributed by atoms with Crippen LogP contribution in [-0.2, 0) is 9.53 Å². The Labute approximate surface area is 90.4 Å². The fraction of sp³-hybridized carbons (Fsp3) is 0.222. The fourth-order valence-corrected chi connectivity index (χ4v) is 1.37. The van der Waals surface area contributed by atoms with Gasteiger partial charge >= 0.3 is 5.97 Å². The van der Waals surface area contributed by atoms with Gasteiger partial charge in [-0.1, -0.05) is 11.6 Å². The molecule has 0 fully saturated rings. The lowest BCUT2D eigenvalue weighted by molar-refractivity contribution is -0.142. The number of phenols is 1. The number of rotatable bonds is 2. The highest BCUT2D eigenvalue weighted by Gasteiger charge is 2.24. The Morgan fingerprint density at radius 2 is 2.27 bits per heavy atom. The van der Waals surface area contributed by atoms with E-state index in [9.17, 15) is 14.3 Å². The number of aromatic hydroxyl groups is 1. The molecule has 3 N–H and O–H groups in total. The molecule has 0 heterocycles. The van der Waals surface area contributed by atoms with Crippen molar-refractivity contribution in [2.45, 2.75) is 6.04 Å². The van der Waals surface area contributed by atoms with Gasteiger partial charge in [0.1, 0.15) is 6.04 Å². The first-order chi connectivity index (χ1) is 6.99. The summed E-state index contributed by atoms with van der Waals surface area (Å²) in [5.41, 5.74) is 5.26. The van der Waals surface area contributed by atoms with Gasteiger partial charge in [0.25, 0.3) is 0 Å². The highest BCUT2D eigenvalue weighted by molar-refractivity contribution is 6.31. The van der Waals surface area contributed by atoms with Crippen LogP contribution in [0.3, 0.4) is 0 Å². The minimum absolute atomic E-state index is 0.00630. The van der Waals surface area contributed by atoms with Crippen molar-refractivity contribution >= 4 is 17.6 Å². The van der Waals surface area contributed by atoms with Crippen LogP contribution in [0.25, 0.3) is 0 Å². The van der Waals surface area contributed by atoms with E-state index in [1.54, 1.807) is 0 Å². The largest absolute Gasteiger partial charge is 0.505 e. The highest BCUT2D eigenvalue weighted by atomic mass is 35.5. The van der Waals surface area contributed by atoms with E-state index in [2.05, 4.69) is 4.74 Å². The molecule has 15 heavy (non-hydrogen) atoms. The van der Waals surface area contributed by atoms with E-state index in [0.29, 0.717) is 0 Å². The highest BCUT2D eigenvalue weighted by Crippen LogP contribution is 2.32. The van der Waals surface area contributed by atoms with Gasteiger partial charge < -0.3 is 15.6 Å². The summed E-state index contributed by atoms with van der Waals surface area (Å²) in [4.78, 5) is 11.1. The van der Waals surface area contributed by atoms with Gasteiger partial charge in [-0.15, -0.1) is 0 Å². The van der Waals surface area contributed by atoms with E-state index in [1.807, 2.05) is 0 Å². The van der Waals surface area contributed by atoms with Crippen LogP contribution in [0.1, 0.15) is 11.6 Å². The molecule has 1 aromatic carbocycles. The second kappa shape index (κ2) is 4.46. The molecular formula is C9H9ClFNO3. The molecule has 0 amide bonds. The quantitative estimate of drug-likeness (QED) is 0.757. The molecule has 0 radical (unpaired) electrons. The molecule has 82 valence electrons. The number of methoxy groups -OCH3 is 1. The lowest BCUT2D eigenvalue weighted by Crippen LogP contribution is -2.23. The minimum atomic E-state index is -1.31. The van der Waals surface area contributed by atoms with Crippen molar-refractivity contribution in [1.29, 1.82) is 0 Å². The molecule has 0 bridgehead atoms. The van der Waals surface area contributed by atoms with Gasteiger partial charge in [-0.05, 0) is 12.1 Å². The first-order valence-electron chi connectivity index (χ1n) is 3.99. The average Bonchev–Trinajstić information content (AvgIpc) is 2.22. The molecule has 0 saturated carbocycles. The Kier molecular flexibility index (Phi) is 3.49. The van der Waals surface area contributed by atoms with Crippen LogP contribution in [0.5, 0.6) is 5.75 Å². The Morgan fingerprint density at radius 3 is 2.80 bits per heavy atom. The number of hydrogen-bond donors (Lipinski definition) is 2. The summed E-state index contributed by atoms with van der Waals surface area (Å²) < 4.78 is 17.3.